The predicted molar refractivity (Wildman–Crippen MR) is 89.9 cm³/mol. The van der Waals surface area contributed by atoms with Crippen LogP contribution < -0.4 is 4.90 Å². The van der Waals surface area contributed by atoms with Gasteiger partial charge in [0, 0.05) is 38.2 Å². The lowest BCUT2D eigenvalue weighted by molar-refractivity contribution is 0.544. The van der Waals surface area contributed by atoms with Crippen LogP contribution in [0.25, 0.3) is 0 Å². The molecule has 1 heterocycles. The minimum Gasteiger partial charge on any atom is -0.375 e. The van der Waals surface area contributed by atoms with Gasteiger partial charge in [-0.2, -0.15) is 5.10 Å². The number of anilines is 1. The van der Waals surface area contributed by atoms with E-state index in [1.807, 2.05) is 23.1 Å². The summed E-state index contributed by atoms with van der Waals surface area (Å²) in [7, 11) is 2.19. The fraction of sp³-hybridized carbons (Fsp3) is 0.500. The standard InChI is InChI=1S/C18H27N3/c1-16(2)17-9-7-10-18(15-17)20(3)12-5-4-6-13-21-14-8-11-19-21/h7-11,14-16H,4-6,12-13H2,1-3H3. The molecule has 0 aliphatic rings. The fourth-order valence-electron chi connectivity index (χ4n) is 2.48. The summed E-state index contributed by atoms with van der Waals surface area (Å²) in [4.78, 5) is 2.36. The number of unbranched alkanes of at least 4 members (excludes halogenated alkanes) is 2. The van der Waals surface area contributed by atoms with Crippen LogP contribution in [-0.2, 0) is 6.54 Å². The molecular formula is C18H27N3. The SMILES string of the molecule is CC(C)c1cccc(N(C)CCCCCn2cccn2)c1. The van der Waals surface area contributed by atoms with Gasteiger partial charge in [-0.3, -0.25) is 4.68 Å². The Morgan fingerprint density at radius 3 is 2.71 bits per heavy atom. The molecule has 2 rings (SSSR count). The van der Waals surface area contributed by atoms with E-state index in [0.29, 0.717) is 5.92 Å². The maximum Gasteiger partial charge on any atom is 0.0489 e. The normalized spacial score (nSPS) is 11.0. The van der Waals surface area contributed by atoms with E-state index in [1.165, 1.54) is 30.5 Å². The summed E-state index contributed by atoms with van der Waals surface area (Å²) in [5.41, 5.74) is 2.74. The summed E-state index contributed by atoms with van der Waals surface area (Å²) >= 11 is 0. The van der Waals surface area contributed by atoms with Crippen molar-refractivity contribution in [3.63, 3.8) is 0 Å². The Kier molecular flexibility index (Phi) is 5.85. The van der Waals surface area contributed by atoms with E-state index in [9.17, 15) is 0 Å². The molecule has 0 atom stereocenters. The van der Waals surface area contributed by atoms with Crippen LogP contribution in [0.4, 0.5) is 5.69 Å². The molecule has 0 N–H and O–H groups in total. The highest BCUT2D eigenvalue weighted by atomic mass is 15.3. The van der Waals surface area contributed by atoms with Crippen LogP contribution in [-0.4, -0.2) is 23.4 Å². The van der Waals surface area contributed by atoms with Crippen LogP contribution in [0.3, 0.4) is 0 Å². The molecule has 0 unspecified atom stereocenters. The lowest BCUT2D eigenvalue weighted by atomic mass is 10.0. The van der Waals surface area contributed by atoms with Crippen molar-refractivity contribution in [1.29, 1.82) is 0 Å². The molecule has 0 saturated heterocycles. The summed E-state index contributed by atoms with van der Waals surface area (Å²) in [6.07, 6.45) is 7.54. The molecule has 0 saturated carbocycles. The van der Waals surface area contributed by atoms with Gasteiger partial charge in [-0.05, 0) is 48.9 Å². The largest absolute Gasteiger partial charge is 0.375 e. The second-order valence-corrected chi connectivity index (χ2v) is 6.00. The highest BCUT2D eigenvalue weighted by Gasteiger charge is 2.04. The topological polar surface area (TPSA) is 21.1 Å². The predicted octanol–water partition coefficient (Wildman–Crippen LogP) is 4.31. The van der Waals surface area contributed by atoms with Crippen LogP contribution in [0.1, 0.15) is 44.6 Å². The minimum atomic E-state index is 0.590. The van der Waals surface area contributed by atoms with Gasteiger partial charge in [0.25, 0.3) is 0 Å². The van der Waals surface area contributed by atoms with E-state index < -0.39 is 0 Å². The van der Waals surface area contributed by atoms with Gasteiger partial charge in [0.1, 0.15) is 0 Å². The van der Waals surface area contributed by atoms with E-state index in [1.54, 1.807) is 0 Å². The maximum absolute atomic E-state index is 4.23. The third kappa shape index (κ3) is 4.92. The molecule has 2 aromatic rings. The zero-order valence-electron chi connectivity index (χ0n) is 13.5. The van der Waals surface area contributed by atoms with Gasteiger partial charge < -0.3 is 4.90 Å². The summed E-state index contributed by atoms with van der Waals surface area (Å²) in [6, 6.07) is 10.9. The zero-order valence-corrected chi connectivity index (χ0v) is 13.5. The van der Waals surface area contributed by atoms with Gasteiger partial charge in [-0.25, -0.2) is 0 Å². The maximum atomic E-state index is 4.23. The highest BCUT2D eigenvalue weighted by molar-refractivity contribution is 5.48. The Bertz CT molecular complexity index is 517. The van der Waals surface area contributed by atoms with Gasteiger partial charge in [-0.15, -0.1) is 0 Å². The second kappa shape index (κ2) is 7.87. The first kappa shape index (κ1) is 15.6. The molecule has 114 valence electrons. The van der Waals surface area contributed by atoms with E-state index in [-0.39, 0.29) is 0 Å². The molecule has 0 aliphatic heterocycles. The molecule has 0 spiro atoms. The lowest BCUT2D eigenvalue weighted by Gasteiger charge is -2.20. The van der Waals surface area contributed by atoms with Gasteiger partial charge in [-0.1, -0.05) is 26.0 Å². The van der Waals surface area contributed by atoms with Gasteiger partial charge in [0.05, 0.1) is 0 Å². The Balaban J connectivity index is 1.71. The Morgan fingerprint density at radius 2 is 2.00 bits per heavy atom. The average molecular weight is 285 g/mol. The molecule has 3 heteroatoms. The number of rotatable bonds is 8. The first-order valence-corrected chi connectivity index (χ1v) is 7.95. The van der Waals surface area contributed by atoms with Crippen molar-refractivity contribution in [2.75, 3.05) is 18.5 Å². The Morgan fingerprint density at radius 1 is 1.14 bits per heavy atom. The lowest BCUT2D eigenvalue weighted by Crippen LogP contribution is -2.18. The third-order valence-corrected chi connectivity index (χ3v) is 3.92. The van der Waals surface area contributed by atoms with Crippen LogP contribution >= 0.6 is 0 Å². The smallest absolute Gasteiger partial charge is 0.0489 e. The Labute approximate surface area is 128 Å². The molecule has 0 fully saturated rings. The number of benzene rings is 1. The zero-order chi connectivity index (χ0) is 15.1. The highest BCUT2D eigenvalue weighted by Crippen LogP contribution is 2.21. The second-order valence-electron chi connectivity index (χ2n) is 6.00. The first-order chi connectivity index (χ1) is 10.2. The van der Waals surface area contributed by atoms with Crippen molar-refractivity contribution < 1.29 is 0 Å². The van der Waals surface area contributed by atoms with Crippen LogP contribution in [0.2, 0.25) is 0 Å². The Hall–Kier alpha value is -1.77. The van der Waals surface area contributed by atoms with Crippen molar-refractivity contribution >= 4 is 5.69 Å². The summed E-state index contributed by atoms with van der Waals surface area (Å²) in [6.45, 7) is 6.63. The van der Waals surface area contributed by atoms with Crippen LogP contribution in [0, 0.1) is 0 Å². The molecular weight excluding hydrogens is 258 g/mol. The van der Waals surface area contributed by atoms with E-state index in [2.05, 4.69) is 55.2 Å². The average Bonchev–Trinajstić information content (AvgIpc) is 3.00. The molecule has 0 radical (unpaired) electrons. The molecule has 0 amide bonds. The van der Waals surface area contributed by atoms with Crippen molar-refractivity contribution in [2.45, 2.75) is 45.6 Å². The first-order valence-electron chi connectivity index (χ1n) is 7.95. The molecule has 1 aromatic carbocycles. The van der Waals surface area contributed by atoms with Gasteiger partial charge >= 0.3 is 0 Å². The number of nitrogens with zero attached hydrogens (tertiary/aromatic N) is 3. The van der Waals surface area contributed by atoms with Crippen molar-refractivity contribution in [3.8, 4) is 0 Å². The van der Waals surface area contributed by atoms with Crippen LogP contribution in [0.5, 0.6) is 0 Å². The van der Waals surface area contributed by atoms with Crippen molar-refractivity contribution in [3.05, 3.63) is 48.3 Å². The third-order valence-electron chi connectivity index (χ3n) is 3.92. The molecule has 0 aliphatic carbocycles. The molecule has 3 nitrogen and oxygen atoms in total. The number of hydrogen-bond donors (Lipinski definition) is 0. The van der Waals surface area contributed by atoms with E-state index >= 15 is 0 Å². The van der Waals surface area contributed by atoms with E-state index in [0.717, 1.165) is 13.1 Å². The molecule has 21 heavy (non-hydrogen) atoms. The minimum absolute atomic E-state index is 0.590. The van der Waals surface area contributed by atoms with Gasteiger partial charge in [0.15, 0.2) is 0 Å². The van der Waals surface area contributed by atoms with Crippen LogP contribution in [0.15, 0.2) is 42.7 Å². The van der Waals surface area contributed by atoms with Crippen molar-refractivity contribution in [1.82, 2.24) is 9.78 Å². The molecule has 0 bridgehead atoms. The number of aryl methyl sites for hydroxylation is 1. The number of hydrogen-bond acceptors (Lipinski definition) is 2. The fourth-order valence-corrected chi connectivity index (χ4v) is 2.48. The summed E-state index contributed by atoms with van der Waals surface area (Å²) in [5.74, 6) is 0.590. The van der Waals surface area contributed by atoms with E-state index in [4.69, 9.17) is 0 Å². The van der Waals surface area contributed by atoms with Crippen molar-refractivity contribution in [2.24, 2.45) is 0 Å². The monoisotopic (exact) mass is 285 g/mol. The summed E-state index contributed by atoms with van der Waals surface area (Å²) < 4.78 is 2.01. The quantitative estimate of drug-likeness (QED) is 0.674. The summed E-state index contributed by atoms with van der Waals surface area (Å²) in [5, 5.41) is 4.23. The number of aromatic nitrogens is 2. The van der Waals surface area contributed by atoms with Gasteiger partial charge in [0.2, 0.25) is 0 Å². The molecule has 1 aromatic heterocycles.